The summed E-state index contributed by atoms with van der Waals surface area (Å²) in [4.78, 5) is 3.69. The highest BCUT2D eigenvalue weighted by Gasteiger charge is 2.18. The molecule has 102 valence electrons. The molecule has 1 N–H and O–H groups in total. The molecule has 2 rings (SSSR count). The Labute approximate surface area is 113 Å². The summed E-state index contributed by atoms with van der Waals surface area (Å²) in [7, 11) is -3.96. The fourth-order valence-electron chi connectivity index (χ4n) is 1.33. The third-order valence-corrected chi connectivity index (χ3v) is 4.61. The van der Waals surface area contributed by atoms with E-state index in [1.54, 1.807) is 5.38 Å². The van der Waals surface area contributed by atoms with Crippen molar-refractivity contribution >= 4 is 26.5 Å². The first-order valence-electron chi connectivity index (χ1n) is 5.34. The van der Waals surface area contributed by atoms with Crippen molar-refractivity contribution in [2.75, 3.05) is 4.72 Å². The first-order chi connectivity index (χ1) is 8.92. The number of anilines is 1. The normalized spacial score (nSPS) is 11.5. The molecule has 2 aromatic rings. The minimum Gasteiger partial charge on any atom is -0.255 e. The number of hydrogen-bond acceptors (Lipinski definition) is 4. The fourth-order valence-corrected chi connectivity index (χ4v) is 3.39. The van der Waals surface area contributed by atoms with Gasteiger partial charge >= 0.3 is 0 Å². The summed E-state index contributed by atoms with van der Waals surface area (Å²) < 4.78 is 51.9. The molecule has 1 aromatic carbocycles. The van der Waals surface area contributed by atoms with Gasteiger partial charge in [-0.2, -0.15) is 0 Å². The molecule has 0 aliphatic rings. The molecule has 0 amide bonds. The molecule has 0 atom stereocenters. The summed E-state index contributed by atoms with van der Waals surface area (Å²) in [6.45, 7) is 1.89. The summed E-state index contributed by atoms with van der Waals surface area (Å²) in [5, 5.41) is 1.92. The molecule has 0 aliphatic carbocycles. The van der Waals surface area contributed by atoms with Gasteiger partial charge in [-0.05, 0) is 24.6 Å². The summed E-state index contributed by atoms with van der Waals surface area (Å²) in [5.41, 5.74) is 0.757. The second-order valence-electron chi connectivity index (χ2n) is 3.68. The Hall–Kier alpha value is -1.54. The van der Waals surface area contributed by atoms with Crippen LogP contribution in [0, 0.1) is 11.6 Å². The maximum atomic E-state index is 13.0. The number of aromatic nitrogens is 1. The van der Waals surface area contributed by atoms with Gasteiger partial charge in [-0.3, -0.25) is 4.72 Å². The number of thiazole rings is 1. The standard InChI is InChI=1S/C11H10F2N2O2S2/c1-2-7-6-18-11(14-7)15-19(16,17)8-3-4-9(12)10(13)5-8/h3-6H,2H2,1H3,(H,14,15). The molecule has 0 aliphatic heterocycles. The van der Waals surface area contributed by atoms with Crippen molar-refractivity contribution in [3.05, 3.63) is 40.9 Å². The highest BCUT2D eigenvalue weighted by molar-refractivity contribution is 7.93. The number of aryl methyl sites for hydroxylation is 1. The third-order valence-electron chi connectivity index (χ3n) is 2.34. The van der Waals surface area contributed by atoms with Gasteiger partial charge in [-0.25, -0.2) is 22.2 Å². The van der Waals surface area contributed by atoms with E-state index in [0.29, 0.717) is 12.5 Å². The van der Waals surface area contributed by atoms with Crippen LogP contribution in [0.15, 0.2) is 28.5 Å². The van der Waals surface area contributed by atoms with E-state index in [2.05, 4.69) is 9.71 Å². The van der Waals surface area contributed by atoms with Gasteiger partial charge in [0, 0.05) is 5.38 Å². The molecule has 4 nitrogen and oxygen atoms in total. The first-order valence-corrected chi connectivity index (χ1v) is 7.71. The van der Waals surface area contributed by atoms with Crippen molar-refractivity contribution in [1.82, 2.24) is 4.98 Å². The van der Waals surface area contributed by atoms with Crippen LogP contribution in [0.3, 0.4) is 0 Å². The van der Waals surface area contributed by atoms with E-state index in [9.17, 15) is 17.2 Å². The van der Waals surface area contributed by atoms with Crippen LogP contribution in [-0.4, -0.2) is 13.4 Å². The first kappa shape index (κ1) is 13.9. The number of nitrogens with zero attached hydrogens (tertiary/aromatic N) is 1. The van der Waals surface area contributed by atoms with Gasteiger partial charge in [0.25, 0.3) is 10.0 Å². The molecule has 8 heteroatoms. The zero-order chi connectivity index (χ0) is 14.0. The molecular weight excluding hydrogens is 294 g/mol. The maximum Gasteiger partial charge on any atom is 0.263 e. The second kappa shape index (κ2) is 5.22. The Bertz CT molecular complexity index is 698. The molecule has 0 radical (unpaired) electrons. The Morgan fingerprint density at radius 3 is 2.63 bits per heavy atom. The van der Waals surface area contributed by atoms with Crippen molar-refractivity contribution in [3.8, 4) is 0 Å². The highest BCUT2D eigenvalue weighted by atomic mass is 32.2. The number of nitrogens with one attached hydrogen (secondary N) is 1. The van der Waals surface area contributed by atoms with E-state index in [1.807, 2.05) is 6.92 Å². The van der Waals surface area contributed by atoms with Crippen LogP contribution >= 0.6 is 11.3 Å². The van der Waals surface area contributed by atoms with Crippen molar-refractivity contribution in [2.24, 2.45) is 0 Å². The van der Waals surface area contributed by atoms with Crippen molar-refractivity contribution in [1.29, 1.82) is 0 Å². The third kappa shape index (κ3) is 3.07. The predicted octanol–water partition coefficient (Wildman–Crippen LogP) is 2.78. The van der Waals surface area contributed by atoms with E-state index >= 15 is 0 Å². The van der Waals surface area contributed by atoms with Crippen LogP contribution in [0.25, 0.3) is 0 Å². The molecule has 0 unspecified atom stereocenters. The van der Waals surface area contributed by atoms with Crippen LogP contribution < -0.4 is 4.72 Å². The largest absolute Gasteiger partial charge is 0.263 e. The lowest BCUT2D eigenvalue weighted by molar-refractivity contribution is 0.504. The molecule has 0 saturated heterocycles. The number of rotatable bonds is 4. The maximum absolute atomic E-state index is 13.0. The van der Waals surface area contributed by atoms with Gasteiger partial charge < -0.3 is 0 Å². The van der Waals surface area contributed by atoms with Gasteiger partial charge in [0.05, 0.1) is 10.6 Å². The molecular formula is C11H10F2N2O2S2. The number of sulfonamides is 1. The van der Waals surface area contributed by atoms with Crippen LogP contribution in [0.4, 0.5) is 13.9 Å². The highest BCUT2D eigenvalue weighted by Crippen LogP contribution is 2.21. The lowest BCUT2D eigenvalue weighted by Crippen LogP contribution is -2.13. The van der Waals surface area contributed by atoms with Gasteiger partial charge in [-0.1, -0.05) is 6.92 Å². The summed E-state index contributed by atoms with van der Waals surface area (Å²) >= 11 is 1.13. The Kier molecular flexibility index (Phi) is 3.81. The lowest BCUT2D eigenvalue weighted by atomic mass is 10.3. The van der Waals surface area contributed by atoms with Crippen molar-refractivity contribution in [2.45, 2.75) is 18.2 Å². The second-order valence-corrected chi connectivity index (χ2v) is 6.22. The molecule has 19 heavy (non-hydrogen) atoms. The average Bonchev–Trinajstić information content (AvgIpc) is 2.79. The van der Waals surface area contributed by atoms with E-state index in [1.165, 1.54) is 0 Å². The molecule has 1 heterocycles. The van der Waals surface area contributed by atoms with Crippen LogP contribution in [-0.2, 0) is 16.4 Å². The number of benzene rings is 1. The summed E-state index contributed by atoms with van der Waals surface area (Å²) in [6, 6.07) is 2.39. The summed E-state index contributed by atoms with van der Waals surface area (Å²) in [6.07, 6.45) is 0.684. The van der Waals surface area contributed by atoms with Crippen molar-refractivity contribution < 1.29 is 17.2 Å². The molecule has 0 fully saturated rings. The predicted molar refractivity (Wildman–Crippen MR) is 68.7 cm³/mol. The van der Waals surface area contributed by atoms with Crippen molar-refractivity contribution in [3.63, 3.8) is 0 Å². The average molecular weight is 304 g/mol. The molecule has 0 saturated carbocycles. The van der Waals surface area contributed by atoms with Crippen LogP contribution in [0.2, 0.25) is 0 Å². The fraction of sp³-hybridized carbons (Fsp3) is 0.182. The zero-order valence-corrected chi connectivity index (χ0v) is 11.5. The minimum atomic E-state index is -3.96. The number of hydrogen-bond donors (Lipinski definition) is 1. The Morgan fingerprint density at radius 2 is 2.05 bits per heavy atom. The van der Waals surface area contributed by atoms with E-state index in [4.69, 9.17) is 0 Å². The van der Waals surface area contributed by atoms with E-state index in [0.717, 1.165) is 29.2 Å². The minimum absolute atomic E-state index is 0.196. The zero-order valence-electron chi connectivity index (χ0n) is 9.85. The van der Waals surface area contributed by atoms with E-state index < -0.39 is 21.7 Å². The Morgan fingerprint density at radius 1 is 1.32 bits per heavy atom. The van der Waals surface area contributed by atoms with Crippen LogP contribution in [0.1, 0.15) is 12.6 Å². The van der Waals surface area contributed by atoms with E-state index in [-0.39, 0.29) is 10.0 Å². The van der Waals surface area contributed by atoms with Gasteiger partial charge in [0.1, 0.15) is 0 Å². The molecule has 0 bridgehead atoms. The molecule has 0 spiro atoms. The Balaban J connectivity index is 2.29. The number of halogens is 2. The van der Waals surface area contributed by atoms with Gasteiger partial charge in [0.15, 0.2) is 16.8 Å². The van der Waals surface area contributed by atoms with Gasteiger partial charge in [-0.15, -0.1) is 11.3 Å². The quantitative estimate of drug-likeness (QED) is 0.945. The molecule has 1 aromatic heterocycles. The monoisotopic (exact) mass is 304 g/mol. The smallest absolute Gasteiger partial charge is 0.255 e. The van der Waals surface area contributed by atoms with Crippen LogP contribution in [0.5, 0.6) is 0 Å². The SMILES string of the molecule is CCc1csc(NS(=O)(=O)c2ccc(F)c(F)c2)n1. The lowest BCUT2D eigenvalue weighted by Gasteiger charge is -2.05. The van der Waals surface area contributed by atoms with Gasteiger partial charge in [0.2, 0.25) is 0 Å². The topological polar surface area (TPSA) is 59.1 Å². The summed E-state index contributed by atoms with van der Waals surface area (Å²) in [5.74, 6) is -2.31.